The minimum atomic E-state index is -0.775. The molecule has 1 saturated heterocycles. The molecule has 1 aliphatic rings. The van der Waals surface area contributed by atoms with Gasteiger partial charge in [-0.05, 0) is 76.1 Å². The van der Waals surface area contributed by atoms with Gasteiger partial charge in [0.1, 0.15) is 11.6 Å². The van der Waals surface area contributed by atoms with Gasteiger partial charge in [-0.2, -0.15) is 0 Å². The Balaban J connectivity index is 1.72. The van der Waals surface area contributed by atoms with Crippen LogP contribution in [-0.4, -0.2) is 40.5 Å². The van der Waals surface area contributed by atoms with Crippen LogP contribution in [0.5, 0.6) is 0 Å². The van der Waals surface area contributed by atoms with E-state index in [-0.39, 0.29) is 23.0 Å². The van der Waals surface area contributed by atoms with E-state index in [1.54, 1.807) is 62.3 Å². The molecular formula is C25H33N3O5S2. The van der Waals surface area contributed by atoms with Crippen molar-refractivity contribution in [3.05, 3.63) is 41.3 Å². The molecule has 1 aromatic heterocycles. The highest BCUT2D eigenvalue weighted by Gasteiger charge is 2.38. The van der Waals surface area contributed by atoms with Crippen LogP contribution in [0.15, 0.2) is 36.4 Å². The van der Waals surface area contributed by atoms with Gasteiger partial charge < -0.3 is 15.4 Å². The lowest BCUT2D eigenvalue weighted by Crippen LogP contribution is -2.43. The summed E-state index contributed by atoms with van der Waals surface area (Å²) in [6.45, 7) is 6.87. The number of alkyl carbamates (subject to hydrolysis) is 1. The lowest BCUT2D eigenvalue weighted by molar-refractivity contribution is -0.129. The zero-order valence-corrected chi connectivity index (χ0v) is 22.1. The summed E-state index contributed by atoms with van der Waals surface area (Å²) in [5.41, 5.74) is 2.68. The molecule has 3 amide bonds. The van der Waals surface area contributed by atoms with E-state index < -0.39 is 17.7 Å². The van der Waals surface area contributed by atoms with Gasteiger partial charge in [-0.3, -0.25) is 14.8 Å². The Morgan fingerprint density at radius 1 is 1.17 bits per heavy atom. The van der Waals surface area contributed by atoms with Gasteiger partial charge in [0.2, 0.25) is 11.8 Å². The fourth-order valence-electron chi connectivity index (χ4n) is 3.86. The van der Waals surface area contributed by atoms with Crippen molar-refractivity contribution in [3.8, 4) is 10.4 Å². The summed E-state index contributed by atoms with van der Waals surface area (Å²) >= 11 is 3.40. The van der Waals surface area contributed by atoms with Gasteiger partial charge in [0.25, 0.3) is 0 Å². The van der Waals surface area contributed by atoms with Crippen LogP contribution in [0.3, 0.4) is 0 Å². The third-order valence-corrected chi connectivity index (χ3v) is 8.60. The summed E-state index contributed by atoms with van der Waals surface area (Å²) in [6, 6.07) is 10.8. The molecule has 1 aromatic carbocycles. The Morgan fingerprint density at radius 2 is 1.94 bits per heavy atom. The van der Waals surface area contributed by atoms with E-state index in [4.69, 9.17) is 9.94 Å². The second-order valence-corrected chi connectivity index (χ2v) is 12.2. The Labute approximate surface area is 214 Å². The van der Waals surface area contributed by atoms with Gasteiger partial charge in [0, 0.05) is 21.9 Å². The molecule has 0 unspecified atom stereocenters. The molecule has 1 aliphatic heterocycles. The van der Waals surface area contributed by atoms with E-state index in [1.807, 2.05) is 24.3 Å². The van der Waals surface area contributed by atoms with Crippen molar-refractivity contribution in [1.29, 1.82) is 0 Å². The molecule has 2 heterocycles. The topological polar surface area (TPSA) is 117 Å². The second kappa shape index (κ2) is 11.5. The first-order chi connectivity index (χ1) is 16.5. The first kappa shape index (κ1) is 27.0. The summed E-state index contributed by atoms with van der Waals surface area (Å²) in [5.74, 6) is 0.240. The largest absolute Gasteiger partial charge is 0.444 e. The average Bonchev–Trinajstić information content (AvgIpc) is 3.29. The number of hydrogen-bond donors (Lipinski definition) is 4. The van der Waals surface area contributed by atoms with Crippen LogP contribution in [0.25, 0.3) is 10.4 Å². The Kier molecular flexibility index (Phi) is 8.84. The number of nitrogens with one attached hydrogen (secondary N) is 3. The molecule has 8 nitrogen and oxygen atoms in total. The lowest BCUT2D eigenvalue weighted by atomic mass is 9.94. The minimum absolute atomic E-state index is 0.229. The smallest absolute Gasteiger partial charge is 0.408 e. The maximum Gasteiger partial charge on any atom is 0.408 e. The maximum atomic E-state index is 12.6. The number of hydrogen-bond acceptors (Lipinski definition) is 7. The quantitative estimate of drug-likeness (QED) is 0.292. The summed E-state index contributed by atoms with van der Waals surface area (Å²) < 4.78 is 4.86. The van der Waals surface area contributed by atoms with E-state index in [2.05, 4.69) is 16.7 Å². The molecule has 0 radical (unpaired) electrons. The van der Waals surface area contributed by atoms with E-state index in [9.17, 15) is 14.4 Å². The van der Waals surface area contributed by atoms with E-state index in [1.165, 1.54) is 0 Å². The lowest BCUT2D eigenvalue weighted by Gasteiger charge is -2.35. The minimum Gasteiger partial charge on any atom is -0.444 e. The fourth-order valence-corrected chi connectivity index (χ4v) is 6.75. The molecule has 10 heteroatoms. The Morgan fingerprint density at radius 3 is 2.60 bits per heavy atom. The predicted octanol–water partition coefficient (Wildman–Crippen LogP) is 5.27. The number of thioether (sulfide) groups is 1. The Hall–Kier alpha value is -2.56. The number of benzene rings is 1. The van der Waals surface area contributed by atoms with Gasteiger partial charge >= 0.3 is 6.09 Å². The van der Waals surface area contributed by atoms with E-state index >= 15 is 0 Å². The molecular weight excluding hydrogens is 486 g/mol. The normalized spacial score (nSPS) is 18.9. The number of carbonyl (C=O) groups is 3. The standard InChI is InChI=1S/C25H33N3O5S2/c1-16(26-23(31)33-24(2,3)4)22(30)27-18-9-7-8-17(14-18)19-10-11-20(35-19)25(15-21(29)28-32)12-5-6-13-34-25/h7-11,14,16,32H,5-6,12-13,15H2,1-4H3,(H,26,31)(H,27,30)(H,28,29)/t16-,25+/m1/s1. The van der Waals surface area contributed by atoms with E-state index in [0.29, 0.717) is 5.69 Å². The molecule has 3 rings (SSSR count). The number of amides is 3. The third-order valence-electron chi connectivity index (χ3n) is 5.52. The molecule has 0 aliphatic carbocycles. The zero-order valence-electron chi connectivity index (χ0n) is 20.5. The second-order valence-electron chi connectivity index (χ2n) is 9.61. The number of anilines is 1. The molecule has 0 saturated carbocycles. The van der Waals surface area contributed by atoms with E-state index in [0.717, 1.165) is 40.3 Å². The van der Waals surface area contributed by atoms with Crippen molar-refractivity contribution in [1.82, 2.24) is 10.8 Å². The van der Waals surface area contributed by atoms with Crippen LogP contribution < -0.4 is 16.1 Å². The third kappa shape index (κ3) is 7.46. The van der Waals surface area contributed by atoms with Crippen molar-refractivity contribution in [3.63, 3.8) is 0 Å². The van der Waals surface area contributed by atoms with Gasteiger partial charge in [-0.25, -0.2) is 10.3 Å². The summed E-state index contributed by atoms with van der Waals surface area (Å²) in [4.78, 5) is 38.7. The first-order valence-electron chi connectivity index (χ1n) is 11.6. The predicted molar refractivity (Wildman–Crippen MR) is 140 cm³/mol. The number of hydroxylamine groups is 1. The number of carbonyl (C=O) groups excluding carboxylic acids is 3. The molecule has 35 heavy (non-hydrogen) atoms. The fraction of sp³-hybridized carbons (Fsp3) is 0.480. The maximum absolute atomic E-state index is 12.6. The molecule has 0 bridgehead atoms. The molecule has 0 spiro atoms. The molecule has 4 N–H and O–H groups in total. The van der Waals surface area contributed by atoms with Gasteiger partial charge in [-0.1, -0.05) is 18.6 Å². The SMILES string of the molecule is C[C@@H](NC(=O)OC(C)(C)C)C(=O)Nc1cccc(-c2ccc([C@@]3(CC(=O)NO)CCCCS3)s2)c1. The van der Waals surface area contributed by atoms with Crippen LogP contribution in [0.1, 0.15) is 58.3 Å². The van der Waals surface area contributed by atoms with Gasteiger partial charge in [0.15, 0.2) is 0 Å². The molecule has 2 atom stereocenters. The van der Waals surface area contributed by atoms with Crippen molar-refractivity contribution in [2.45, 2.75) is 69.8 Å². The van der Waals surface area contributed by atoms with Crippen molar-refractivity contribution in [2.75, 3.05) is 11.1 Å². The highest BCUT2D eigenvalue weighted by atomic mass is 32.2. The van der Waals surface area contributed by atoms with Crippen LogP contribution in [0.4, 0.5) is 10.5 Å². The van der Waals surface area contributed by atoms with Crippen molar-refractivity contribution < 1.29 is 24.3 Å². The highest BCUT2D eigenvalue weighted by Crippen LogP contribution is 2.50. The number of thiophene rings is 1. The zero-order chi connectivity index (χ0) is 25.6. The summed E-state index contributed by atoms with van der Waals surface area (Å²) in [6.07, 6.45) is 2.62. The molecule has 2 aromatic rings. The monoisotopic (exact) mass is 519 g/mol. The van der Waals surface area contributed by atoms with Crippen molar-refractivity contribution >= 4 is 46.7 Å². The van der Waals surface area contributed by atoms with Gasteiger partial charge in [0.05, 0.1) is 4.75 Å². The summed E-state index contributed by atoms with van der Waals surface area (Å²) in [5, 5.41) is 14.5. The highest BCUT2D eigenvalue weighted by molar-refractivity contribution is 8.00. The number of ether oxygens (including phenoxy) is 1. The van der Waals surface area contributed by atoms with Crippen LogP contribution in [0, 0.1) is 0 Å². The molecule has 1 fully saturated rings. The Bertz CT molecular complexity index is 1060. The van der Waals surface area contributed by atoms with Crippen molar-refractivity contribution in [2.24, 2.45) is 0 Å². The summed E-state index contributed by atoms with van der Waals surface area (Å²) in [7, 11) is 0. The first-order valence-corrected chi connectivity index (χ1v) is 13.4. The van der Waals surface area contributed by atoms with Crippen LogP contribution >= 0.6 is 23.1 Å². The van der Waals surface area contributed by atoms with Gasteiger partial charge in [-0.15, -0.1) is 23.1 Å². The number of rotatable bonds is 7. The molecule has 190 valence electrons. The van der Waals surface area contributed by atoms with Crippen LogP contribution in [-0.2, 0) is 19.1 Å². The average molecular weight is 520 g/mol. The van der Waals surface area contributed by atoms with Crippen LogP contribution in [0.2, 0.25) is 0 Å².